The number of halogens is 2. The Labute approximate surface area is 115 Å². The van der Waals surface area contributed by atoms with Crippen molar-refractivity contribution in [2.45, 2.75) is 18.7 Å². The molecule has 0 spiro atoms. The van der Waals surface area contributed by atoms with E-state index in [-0.39, 0.29) is 18.8 Å². The molecular weight excluding hydrogens is 275 g/mol. The molecule has 0 amide bonds. The Bertz CT molecular complexity index is 457. The molecule has 1 aromatic rings. The van der Waals surface area contributed by atoms with Gasteiger partial charge in [-0.05, 0) is 19.9 Å². The molecular formula is C13H14ClFO4. The predicted octanol–water partition coefficient (Wildman–Crippen LogP) is 2.39. The molecule has 6 heteroatoms. The number of carbonyl (C=O) groups excluding carboxylic acids is 2. The third-order valence-corrected chi connectivity index (χ3v) is 2.87. The molecule has 0 radical (unpaired) electrons. The number of hydrogen-bond acceptors (Lipinski definition) is 4. The number of esters is 2. The Morgan fingerprint density at radius 1 is 1.16 bits per heavy atom. The van der Waals surface area contributed by atoms with E-state index in [9.17, 15) is 14.0 Å². The van der Waals surface area contributed by atoms with Gasteiger partial charge in [0.25, 0.3) is 4.87 Å². The van der Waals surface area contributed by atoms with Gasteiger partial charge in [0.1, 0.15) is 5.82 Å². The summed E-state index contributed by atoms with van der Waals surface area (Å²) in [5.41, 5.74) is -0.284. The van der Waals surface area contributed by atoms with Gasteiger partial charge < -0.3 is 9.47 Å². The molecule has 0 saturated carbocycles. The van der Waals surface area contributed by atoms with E-state index in [4.69, 9.17) is 21.1 Å². The molecule has 0 N–H and O–H groups in total. The monoisotopic (exact) mass is 288 g/mol. The lowest BCUT2D eigenvalue weighted by atomic mass is 9.97. The average Bonchev–Trinajstić information content (AvgIpc) is 2.39. The summed E-state index contributed by atoms with van der Waals surface area (Å²) in [5.74, 6) is -2.89. The van der Waals surface area contributed by atoms with Crippen LogP contribution < -0.4 is 0 Å². The van der Waals surface area contributed by atoms with E-state index in [0.29, 0.717) is 0 Å². The van der Waals surface area contributed by atoms with Crippen molar-refractivity contribution in [3.8, 4) is 0 Å². The van der Waals surface area contributed by atoms with Gasteiger partial charge >= 0.3 is 11.9 Å². The first-order valence-corrected chi connectivity index (χ1v) is 6.14. The molecule has 19 heavy (non-hydrogen) atoms. The SMILES string of the molecule is CCOC(=O)C(Cl)(C(=O)OCC)c1ccccc1F. The molecule has 0 atom stereocenters. The summed E-state index contributed by atoms with van der Waals surface area (Å²) >= 11 is 6.04. The first-order valence-electron chi connectivity index (χ1n) is 5.76. The number of carbonyl (C=O) groups is 2. The van der Waals surface area contributed by atoms with Gasteiger partial charge in [-0.2, -0.15) is 0 Å². The van der Waals surface area contributed by atoms with Crippen LogP contribution in [0, 0.1) is 5.82 Å². The van der Waals surface area contributed by atoms with Gasteiger partial charge in [0, 0.05) is 5.56 Å². The van der Waals surface area contributed by atoms with E-state index in [1.807, 2.05) is 0 Å². The van der Waals surface area contributed by atoms with Gasteiger partial charge in [0.2, 0.25) is 0 Å². The third-order valence-electron chi connectivity index (χ3n) is 2.36. The van der Waals surface area contributed by atoms with Gasteiger partial charge in [-0.3, -0.25) is 0 Å². The zero-order valence-electron chi connectivity index (χ0n) is 10.6. The molecule has 0 aliphatic carbocycles. The zero-order valence-corrected chi connectivity index (χ0v) is 11.4. The highest BCUT2D eigenvalue weighted by molar-refractivity contribution is 6.44. The number of rotatable bonds is 5. The van der Waals surface area contributed by atoms with Crippen molar-refractivity contribution >= 4 is 23.5 Å². The number of alkyl halides is 1. The highest BCUT2D eigenvalue weighted by Crippen LogP contribution is 2.34. The van der Waals surface area contributed by atoms with Gasteiger partial charge in [-0.25, -0.2) is 14.0 Å². The second-order valence-electron chi connectivity index (χ2n) is 3.58. The lowest BCUT2D eigenvalue weighted by Gasteiger charge is -2.23. The smallest absolute Gasteiger partial charge is 0.343 e. The van der Waals surface area contributed by atoms with Crippen molar-refractivity contribution in [2.75, 3.05) is 13.2 Å². The van der Waals surface area contributed by atoms with Gasteiger partial charge in [0.05, 0.1) is 13.2 Å². The number of hydrogen-bond donors (Lipinski definition) is 0. The fraction of sp³-hybridized carbons (Fsp3) is 0.385. The first-order chi connectivity index (χ1) is 8.98. The van der Waals surface area contributed by atoms with Crippen LogP contribution in [0.1, 0.15) is 19.4 Å². The quantitative estimate of drug-likeness (QED) is 0.474. The second kappa shape index (κ2) is 6.52. The van der Waals surface area contributed by atoms with Crippen LogP contribution in [0.4, 0.5) is 4.39 Å². The van der Waals surface area contributed by atoms with E-state index >= 15 is 0 Å². The van der Waals surface area contributed by atoms with Gasteiger partial charge in [0.15, 0.2) is 0 Å². The molecule has 1 rings (SSSR count). The van der Waals surface area contributed by atoms with Crippen LogP contribution >= 0.6 is 11.6 Å². The molecule has 0 unspecified atom stereocenters. The van der Waals surface area contributed by atoms with E-state index in [1.165, 1.54) is 18.2 Å². The van der Waals surface area contributed by atoms with Crippen LogP contribution in [0.25, 0.3) is 0 Å². The van der Waals surface area contributed by atoms with Crippen LogP contribution in [0.3, 0.4) is 0 Å². The maximum absolute atomic E-state index is 13.8. The molecule has 0 aliphatic heterocycles. The van der Waals surface area contributed by atoms with E-state index in [1.54, 1.807) is 13.8 Å². The Balaban J connectivity index is 3.30. The first kappa shape index (κ1) is 15.4. The minimum atomic E-state index is -2.32. The second-order valence-corrected chi connectivity index (χ2v) is 4.15. The average molecular weight is 289 g/mol. The largest absolute Gasteiger partial charge is 0.464 e. The van der Waals surface area contributed by atoms with Crippen molar-refractivity contribution in [1.82, 2.24) is 0 Å². The highest BCUT2D eigenvalue weighted by atomic mass is 35.5. The Hall–Kier alpha value is -1.62. The summed E-state index contributed by atoms with van der Waals surface area (Å²) < 4.78 is 23.3. The van der Waals surface area contributed by atoms with Crippen LogP contribution in [0.15, 0.2) is 24.3 Å². The van der Waals surface area contributed by atoms with Crippen molar-refractivity contribution < 1.29 is 23.5 Å². The summed E-state index contributed by atoms with van der Waals surface area (Å²) in [4.78, 5) is 21.5. The predicted molar refractivity (Wildman–Crippen MR) is 67.2 cm³/mol. The molecule has 0 bridgehead atoms. The van der Waals surface area contributed by atoms with E-state index in [0.717, 1.165) is 6.07 Å². The summed E-state index contributed by atoms with van der Waals surface area (Å²) in [7, 11) is 0. The minimum Gasteiger partial charge on any atom is -0.464 e. The van der Waals surface area contributed by atoms with Crippen molar-refractivity contribution in [3.05, 3.63) is 35.6 Å². The fourth-order valence-corrected chi connectivity index (χ4v) is 1.77. The highest BCUT2D eigenvalue weighted by Gasteiger charge is 2.50. The zero-order chi connectivity index (χ0) is 14.5. The molecule has 104 valence electrons. The van der Waals surface area contributed by atoms with Crippen molar-refractivity contribution in [2.24, 2.45) is 0 Å². The molecule has 0 heterocycles. The standard InChI is InChI=1S/C13H14ClFO4/c1-3-18-11(16)13(14,12(17)19-4-2)9-7-5-6-8-10(9)15/h5-8H,3-4H2,1-2H3. The molecule has 0 aromatic heterocycles. The summed E-state index contributed by atoms with van der Waals surface area (Å²) in [6, 6.07) is 5.24. The number of benzene rings is 1. The van der Waals surface area contributed by atoms with Crippen molar-refractivity contribution in [1.29, 1.82) is 0 Å². The van der Waals surface area contributed by atoms with Crippen LogP contribution in [-0.2, 0) is 23.9 Å². The Morgan fingerprint density at radius 2 is 1.63 bits per heavy atom. The topological polar surface area (TPSA) is 52.6 Å². The van der Waals surface area contributed by atoms with E-state index < -0.39 is 22.6 Å². The maximum atomic E-state index is 13.8. The van der Waals surface area contributed by atoms with Crippen LogP contribution in [0.2, 0.25) is 0 Å². The number of ether oxygens (including phenoxy) is 2. The molecule has 1 aromatic carbocycles. The lowest BCUT2D eigenvalue weighted by molar-refractivity contribution is -0.159. The van der Waals surface area contributed by atoms with E-state index in [2.05, 4.69) is 0 Å². The Kier molecular flexibility index (Phi) is 5.30. The fourth-order valence-electron chi connectivity index (χ4n) is 1.50. The Morgan fingerprint density at radius 3 is 2.05 bits per heavy atom. The van der Waals surface area contributed by atoms with Crippen LogP contribution in [-0.4, -0.2) is 25.2 Å². The summed E-state index contributed by atoms with van der Waals surface area (Å²) in [5, 5.41) is 0. The summed E-state index contributed by atoms with van der Waals surface area (Å²) in [6.45, 7) is 3.14. The third kappa shape index (κ3) is 3.04. The maximum Gasteiger partial charge on any atom is 0.343 e. The normalized spacial score (nSPS) is 10.9. The van der Waals surface area contributed by atoms with Gasteiger partial charge in [-0.1, -0.05) is 29.8 Å². The lowest BCUT2D eigenvalue weighted by Crippen LogP contribution is -2.42. The summed E-state index contributed by atoms with van der Waals surface area (Å²) in [6.07, 6.45) is 0. The molecule has 4 nitrogen and oxygen atoms in total. The molecule has 0 aliphatic rings. The molecule has 0 saturated heterocycles. The molecule has 0 fully saturated rings. The van der Waals surface area contributed by atoms with Crippen LogP contribution in [0.5, 0.6) is 0 Å². The van der Waals surface area contributed by atoms with Crippen molar-refractivity contribution in [3.63, 3.8) is 0 Å². The minimum absolute atomic E-state index is 0.0150. The van der Waals surface area contributed by atoms with Gasteiger partial charge in [-0.15, -0.1) is 0 Å².